The van der Waals surface area contributed by atoms with Crippen LogP contribution in [0.5, 0.6) is 17.4 Å². The van der Waals surface area contributed by atoms with Gasteiger partial charge in [-0.15, -0.1) is 0 Å². The van der Waals surface area contributed by atoms with E-state index in [1.54, 1.807) is 24.7 Å². The maximum Gasteiger partial charge on any atom is 0.306 e. The summed E-state index contributed by atoms with van der Waals surface area (Å²) in [4.78, 5) is 4.49. The summed E-state index contributed by atoms with van der Waals surface area (Å²) in [5.41, 5.74) is 9.06. The van der Waals surface area contributed by atoms with E-state index < -0.39 is 0 Å². The molecule has 1 atom stereocenters. The van der Waals surface area contributed by atoms with Crippen molar-refractivity contribution in [3.05, 3.63) is 94.7 Å². The lowest BCUT2D eigenvalue weighted by Gasteiger charge is -2.27. The number of benzene rings is 2. The lowest BCUT2D eigenvalue weighted by atomic mass is 9.83. The molecule has 144 valence electrons. The molecule has 3 N–H and O–H groups in total. The number of nitrogens with zero attached hydrogens (tertiary/aromatic N) is 2. The largest absolute Gasteiger partial charge is 0.508 e. The van der Waals surface area contributed by atoms with Crippen LogP contribution < -0.4 is 15.0 Å². The Hall–Kier alpha value is -3.51. The zero-order valence-electron chi connectivity index (χ0n) is 15.2. The molecule has 7 heteroatoms. The van der Waals surface area contributed by atoms with Crippen LogP contribution in [-0.4, -0.2) is 10.1 Å². The van der Waals surface area contributed by atoms with Crippen molar-refractivity contribution in [3.8, 4) is 17.4 Å². The highest BCUT2D eigenvalue weighted by atomic mass is 35.5. The average molecular weight is 407 g/mol. The van der Waals surface area contributed by atoms with Crippen molar-refractivity contribution < 1.29 is 18.8 Å². The molecule has 0 aliphatic carbocycles. The van der Waals surface area contributed by atoms with E-state index in [1.807, 2.05) is 47.0 Å². The number of nitrogen functional groups attached to an aromatic ring is 1. The summed E-state index contributed by atoms with van der Waals surface area (Å²) in [5.74, 6) is 2.01. The first-order valence-corrected chi connectivity index (χ1v) is 9.45. The molecule has 5 rings (SSSR count). The number of phenolic OH excluding ortho intramolecular Hbond substituents is 1. The summed E-state index contributed by atoms with van der Waals surface area (Å²) >= 11 is 6.56. The van der Waals surface area contributed by atoms with Gasteiger partial charge in [-0.05, 0) is 29.8 Å². The van der Waals surface area contributed by atoms with Crippen molar-refractivity contribution in [3.63, 3.8) is 0 Å². The zero-order valence-corrected chi connectivity index (χ0v) is 16.0. The first-order chi connectivity index (χ1) is 14.1. The number of anilines is 1. The van der Waals surface area contributed by atoms with Crippen molar-refractivity contribution in [2.75, 3.05) is 5.73 Å². The fraction of sp³-hybridized carbons (Fsp3) is 0.0909. The molecule has 0 unspecified atom stereocenters. The number of fused-ring (bicyclic) bond motifs is 2. The molecular formula is C22H17ClN3O3+. The summed E-state index contributed by atoms with van der Waals surface area (Å²) in [6.07, 6.45) is 3.24. The van der Waals surface area contributed by atoms with Crippen molar-refractivity contribution in [2.45, 2.75) is 12.5 Å². The molecule has 1 aliphatic rings. The number of nitrogens with two attached hydrogens (primary N) is 1. The van der Waals surface area contributed by atoms with E-state index in [0.29, 0.717) is 29.0 Å². The van der Waals surface area contributed by atoms with Crippen molar-refractivity contribution in [1.82, 2.24) is 4.98 Å². The number of aromatic hydroxyl groups is 1. The lowest BCUT2D eigenvalue weighted by Crippen LogP contribution is -2.40. The summed E-state index contributed by atoms with van der Waals surface area (Å²) in [6, 6.07) is 16.3. The second-order valence-corrected chi connectivity index (χ2v) is 7.24. The van der Waals surface area contributed by atoms with Gasteiger partial charge in [0.2, 0.25) is 12.1 Å². The molecule has 4 aromatic rings. The topological polar surface area (TPSA) is 85.4 Å². The summed E-state index contributed by atoms with van der Waals surface area (Å²) in [5, 5.41) is 10.5. The molecule has 6 nitrogen and oxygen atoms in total. The van der Waals surface area contributed by atoms with Crippen LogP contribution in [0.15, 0.2) is 71.6 Å². The quantitative estimate of drug-likeness (QED) is 0.438. The maximum absolute atomic E-state index is 9.92. The van der Waals surface area contributed by atoms with E-state index in [4.69, 9.17) is 26.5 Å². The number of hydrogen-bond acceptors (Lipinski definition) is 5. The number of phenols is 1. The zero-order chi connectivity index (χ0) is 20.0. The predicted octanol–water partition coefficient (Wildman–Crippen LogP) is 4.24. The Kier molecular flexibility index (Phi) is 4.14. The van der Waals surface area contributed by atoms with Gasteiger partial charge < -0.3 is 20.0 Å². The molecule has 0 saturated heterocycles. The van der Waals surface area contributed by atoms with Crippen LogP contribution >= 0.6 is 11.6 Å². The smallest absolute Gasteiger partial charge is 0.306 e. The Morgan fingerprint density at radius 3 is 2.76 bits per heavy atom. The monoisotopic (exact) mass is 406 g/mol. The normalized spacial score (nSPS) is 14.7. The predicted molar refractivity (Wildman–Crippen MR) is 107 cm³/mol. The molecule has 3 heterocycles. The number of aromatic nitrogens is 2. The Labute approximate surface area is 171 Å². The Balaban J connectivity index is 1.72. The Morgan fingerprint density at radius 2 is 1.97 bits per heavy atom. The Bertz CT molecular complexity index is 1210. The number of hydrogen-bond donors (Lipinski definition) is 2. The standard InChI is InChI=1S/C22H16ClN3O3/c23-17-6-2-1-5-15(17)19-16-8-7-13(27)10-18(16)29-22-20(19)21(24)26(12-25-22)11-14-4-3-9-28-14/h1-10,12,19,24,27H,11H2/p+1/t19-/m0/s1. The summed E-state index contributed by atoms with van der Waals surface area (Å²) in [6.45, 7) is 0.441. The van der Waals surface area contributed by atoms with Gasteiger partial charge in [0.15, 0.2) is 0 Å². The van der Waals surface area contributed by atoms with Crippen LogP contribution in [0.25, 0.3) is 0 Å². The van der Waals surface area contributed by atoms with Crippen LogP contribution in [-0.2, 0) is 6.54 Å². The third-order valence-electron chi connectivity index (χ3n) is 5.06. The van der Waals surface area contributed by atoms with E-state index in [0.717, 1.165) is 22.5 Å². The number of halogens is 1. The highest BCUT2D eigenvalue weighted by Gasteiger charge is 2.37. The first-order valence-electron chi connectivity index (χ1n) is 9.07. The Morgan fingerprint density at radius 1 is 1.10 bits per heavy atom. The van der Waals surface area contributed by atoms with Gasteiger partial charge in [-0.3, -0.25) is 0 Å². The van der Waals surface area contributed by atoms with E-state index >= 15 is 0 Å². The van der Waals surface area contributed by atoms with E-state index in [1.165, 1.54) is 0 Å². The summed E-state index contributed by atoms with van der Waals surface area (Å²) in [7, 11) is 0. The molecule has 2 aromatic heterocycles. The molecule has 0 radical (unpaired) electrons. The van der Waals surface area contributed by atoms with Gasteiger partial charge in [0.05, 0.1) is 12.2 Å². The lowest BCUT2D eigenvalue weighted by molar-refractivity contribution is -0.679. The van der Waals surface area contributed by atoms with Crippen molar-refractivity contribution in [2.24, 2.45) is 0 Å². The molecule has 0 bridgehead atoms. The molecule has 0 amide bonds. The van der Waals surface area contributed by atoms with Crippen LogP contribution in [0.3, 0.4) is 0 Å². The van der Waals surface area contributed by atoms with Gasteiger partial charge in [-0.2, -0.15) is 0 Å². The van der Waals surface area contributed by atoms with E-state index in [2.05, 4.69) is 4.98 Å². The fourth-order valence-corrected chi connectivity index (χ4v) is 3.95. The minimum absolute atomic E-state index is 0.113. The van der Waals surface area contributed by atoms with Gasteiger partial charge in [0.25, 0.3) is 0 Å². The number of furan rings is 1. The third-order valence-corrected chi connectivity index (χ3v) is 5.40. The molecule has 1 aliphatic heterocycles. The second-order valence-electron chi connectivity index (χ2n) is 6.83. The number of rotatable bonds is 3. The minimum Gasteiger partial charge on any atom is -0.508 e. The van der Waals surface area contributed by atoms with Crippen LogP contribution in [0.2, 0.25) is 5.02 Å². The van der Waals surface area contributed by atoms with E-state index in [9.17, 15) is 5.11 Å². The molecule has 2 aromatic carbocycles. The third kappa shape index (κ3) is 2.98. The molecule has 0 saturated carbocycles. The highest BCUT2D eigenvalue weighted by molar-refractivity contribution is 6.31. The van der Waals surface area contributed by atoms with Crippen molar-refractivity contribution in [1.29, 1.82) is 0 Å². The van der Waals surface area contributed by atoms with Gasteiger partial charge in [-0.25, -0.2) is 4.57 Å². The number of ether oxygens (including phenoxy) is 1. The highest BCUT2D eigenvalue weighted by Crippen LogP contribution is 2.49. The maximum atomic E-state index is 9.92. The van der Waals surface area contributed by atoms with Crippen LogP contribution in [0.1, 0.15) is 28.4 Å². The SMILES string of the molecule is Nc1c2c(nc[n+]1Cc1ccco1)Oc1cc(O)ccc1[C@@H]2c1ccccc1Cl. The van der Waals surface area contributed by atoms with E-state index in [-0.39, 0.29) is 11.7 Å². The van der Waals surface area contributed by atoms with Crippen molar-refractivity contribution >= 4 is 17.4 Å². The average Bonchev–Trinajstić information content (AvgIpc) is 3.22. The van der Waals surface area contributed by atoms with Gasteiger partial charge >= 0.3 is 5.88 Å². The van der Waals surface area contributed by atoms with Gasteiger partial charge in [0, 0.05) is 16.7 Å². The summed E-state index contributed by atoms with van der Waals surface area (Å²) < 4.78 is 13.3. The molecule has 0 fully saturated rings. The molecular weight excluding hydrogens is 390 g/mol. The van der Waals surface area contributed by atoms with Gasteiger partial charge in [0.1, 0.15) is 29.4 Å². The first kappa shape index (κ1) is 17.6. The van der Waals surface area contributed by atoms with Gasteiger partial charge in [-0.1, -0.05) is 40.9 Å². The molecule has 0 spiro atoms. The molecule has 29 heavy (non-hydrogen) atoms. The minimum atomic E-state index is -0.292. The van der Waals surface area contributed by atoms with Crippen LogP contribution in [0, 0.1) is 0 Å². The second kappa shape index (κ2) is 6.83. The van der Waals surface area contributed by atoms with Crippen LogP contribution in [0.4, 0.5) is 5.82 Å². The fourth-order valence-electron chi connectivity index (χ4n) is 3.71.